The normalized spacial score (nSPS) is 10.6. The van der Waals surface area contributed by atoms with E-state index in [-0.39, 0.29) is 0 Å². The number of carboxylic acid groups (broad SMARTS) is 1. The second kappa shape index (κ2) is 5.27. The molecule has 0 atom stereocenters. The average Bonchev–Trinajstić information content (AvgIpc) is 2.74. The molecule has 0 aliphatic rings. The fourth-order valence-electron chi connectivity index (χ4n) is 1.63. The summed E-state index contributed by atoms with van der Waals surface area (Å²) in [7, 11) is 1.88. The first-order valence-electron chi connectivity index (χ1n) is 5.50. The highest BCUT2D eigenvalue weighted by Crippen LogP contribution is 2.24. The van der Waals surface area contributed by atoms with E-state index in [0.717, 1.165) is 21.8 Å². The average molecular weight is 262 g/mol. The van der Waals surface area contributed by atoms with Crippen LogP contribution in [0.25, 0.3) is 0 Å². The number of benzene rings is 1. The Hall–Kier alpha value is -1.75. The van der Waals surface area contributed by atoms with Gasteiger partial charge in [0.2, 0.25) is 0 Å². The molecule has 0 spiro atoms. The fraction of sp³-hybridized carbons (Fsp3) is 0.231. The van der Waals surface area contributed by atoms with Crippen molar-refractivity contribution in [3.63, 3.8) is 0 Å². The Kier molecular flexibility index (Phi) is 3.72. The van der Waals surface area contributed by atoms with Crippen LogP contribution < -0.4 is 0 Å². The van der Waals surface area contributed by atoms with Gasteiger partial charge in [0, 0.05) is 29.5 Å². The Morgan fingerprint density at radius 3 is 2.89 bits per heavy atom. The molecule has 0 saturated carbocycles. The van der Waals surface area contributed by atoms with Crippen molar-refractivity contribution in [1.29, 1.82) is 0 Å². The maximum atomic E-state index is 11.0. The Morgan fingerprint density at radius 1 is 1.50 bits per heavy atom. The third-order valence-corrected chi connectivity index (χ3v) is 3.67. The van der Waals surface area contributed by atoms with E-state index in [2.05, 4.69) is 5.10 Å². The zero-order chi connectivity index (χ0) is 13.1. The molecule has 18 heavy (non-hydrogen) atoms. The molecule has 1 heterocycles. The zero-order valence-corrected chi connectivity index (χ0v) is 11.1. The van der Waals surface area contributed by atoms with Crippen molar-refractivity contribution in [1.82, 2.24) is 9.78 Å². The van der Waals surface area contributed by atoms with Gasteiger partial charge in [-0.3, -0.25) is 4.68 Å². The number of rotatable bonds is 4. The molecule has 4 nitrogen and oxygen atoms in total. The van der Waals surface area contributed by atoms with Crippen LogP contribution in [0.1, 0.15) is 21.5 Å². The number of aromatic carboxylic acids is 1. The standard InChI is InChI=1S/C13H14N2O2S/c1-9-3-4-11(5-12(9)13(16)17)18-8-10-6-14-15(2)7-10/h3-7H,8H2,1-2H3,(H,16,17). The van der Waals surface area contributed by atoms with Gasteiger partial charge in [-0.05, 0) is 24.6 Å². The van der Waals surface area contributed by atoms with Crippen LogP contribution in [0.4, 0.5) is 0 Å². The molecule has 0 aliphatic carbocycles. The summed E-state index contributed by atoms with van der Waals surface area (Å²) in [6.45, 7) is 1.80. The fourth-order valence-corrected chi connectivity index (χ4v) is 2.48. The lowest BCUT2D eigenvalue weighted by atomic mass is 10.1. The highest BCUT2D eigenvalue weighted by atomic mass is 32.2. The number of carbonyl (C=O) groups is 1. The summed E-state index contributed by atoms with van der Waals surface area (Å²) in [4.78, 5) is 12.0. The highest BCUT2D eigenvalue weighted by Gasteiger charge is 2.08. The lowest BCUT2D eigenvalue weighted by molar-refractivity contribution is 0.0696. The second-order valence-electron chi connectivity index (χ2n) is 4.09. The van der Waals surface area contributed by atoms with E-state index in [1.54, 1.807) is 29.4 Å². The maximum Gasteiger partial charge on any atom is 0.335 e. The number of hydrogen-bond donors (Lipinski definition) is 1. The first kappa shape index (κ1) is 12.7. The Morgan fingerprint density at radius 2 is 2.28 bits per heavy atom. The molecule has 1 N–H and O–H groups in total. The van der Waals surface area contributed by atoms with Gasteiger partial charge in [-0.1, -0.05) is 6.07 Å². The third kappa shape index (κ3) is 2.92. The number of thioether (sulfide) groups is 1. The Labute approximate surface area is 110 Å². The largest absolute Gasteiger partial charge is 0.478 e. The van der Waals surface area contributed by atoms with Gasteiger partial charge in [-0.25, -0.2) is 4.79 Å². The van der Waals surface area contributed by atoms with Crippen molar-refractivity contribution >= 4 is 17.7 Å². The van der Waals surface area contributed by atoms with Crippen LogP contribution in [0.3, 0.4) is 0 Å². The van der Waals surface area contributed by atoms with Crippen LogP contribution in [0.2, 0.25) is 0 Å². The monoisotopic (exact) mass is 262 g/mol. The van der Waals surface area contributed by atoms with Gasteiger partial charge in [0.05, 0.1) is 11.8 Å². The molecule has 2 aromatic rings. The third-order valence-electron chi connectivity index (χ3n) is 2.60. The molecule has 0 fully saturated rings. The Bertz CT molecular complexity index is 578. The summed E-state index contributed by atoms with van der Waals surface area (Å²) < 4.78 is 1.76. The molecule has 0 saturated heterocycles. The first-order valence-corrected chi connectivity index (χ1v) is 6.49. The molecule has 5 heteroatoms. The molecule has 0 aliphatic heterocycles. The smallest absolute Gasteiger partial charge is 0.335 e. The quantitative estimate of drug-likeness (QED) is 0.861. The van der Waals surface area contributed by atoms with Gasteiger partial charge in [-0.15, -0.1) is 11.8 Å². The number of carboxylic acids is 1. The highest BCUT2D eigenvalue weighted by molar-refractivity contribution is 7.98. The van der Waals surface area contributed by atoms with Crippen molar-refractivity contribution < 1.29 is 9.90 Å². The first-order chi connectivity index (χ1) is 8.56. The summed E-state index contributed by atoms with van der Waals surface area (Å²) >= 11 is 1.61. The van der Waals surface area contributed by atoms with Crippen molar-refractivity contribution in [3.8, 4) is 0 Å². The summed E-state index contributed by atoms with van der Waals surface area (Å²) in [6, 6.07) is 5.51. The van der Waals surface area contributed by atoms with E-state index in [1.165, 1.54) is 0 Å². The van der Waals surface area contributed by atoms with Crippen molar-refractivity contribution in [2.45, 2.75) is 17.6 Å². The van der Waals surface area contributed by atoms with Crippen molar-refractivity contribution in [2.75, 3.05) is 0 Å². The van der Waals surface area contributed by atoms with Gasteiger partial charge in [0.15, 0.2) is 0 Å². The van der Waals surface area contributed by atoms with E-state index in [1.807, 2.05) is 31.6 Å². The predicted molar refractivity (Wildman–Crippen MR) is 70.9 cm³/mol. The van der Waals surface area contributed by atoms with Gasteiger partial charge in [0.25, 0.3) is 0 Å². The molecule has 0 amide bonds. The maximum absolute atomic E-state index is 11.0. The van der Waals surface area contributed by atoms with Gasteiger partial charge >= 0.3 is 5.97 Å². The van der Waals surface area contributed by atoms with Crippen LogP contribution in [0.5, 0.6) is 0 Å². The van der Waals surface area contributed by atoms with E-state index >= 15 is 0 Å². The summed E-state index contributed by atoms with van der Waals surface area (Å²) in [5, 5.41) is 13.2. The van der Waals surface area contributed by atoms with Crippen LogP contribution in [-0.4, -0.2) is 20.9 Å². The zero-order valence-electron chi connectivity index (χ0n) is 10.3. The summed E-state index contributed by atoms with van der Waals surface area (Å²) in [5.74, 6) is -0.0907. The van der Waals surface area contributed by atoms with Crippen molar-refractivity contribution in [2.24, 2.45) is 7.05 Å². The van der Waals surface area contributed by atoms with E-state index < -0.39 is 5.97 Å². The van der Waals surface area contributed by atoms with Crippen LogP contribution in [-0.2, 0) is 12.8 Å². The van der Waals surface area contributed by atoms with Crippen LogP contribution >= 0.6 is 11.8 Å². The van der Waals surface area contributed by atoms with E-state index in [4.69, 9.17) is 5.11 Å². The summed E-state index contributed by atoms with van der Waals surface area (Å²) in [6.07, 6.45) is 3.78. The topological polar surface area (TPSA) is 55.1 Å². The number of nitrogens with zero attached hydrogens (tertiary/aromatic N) is 2. The molecule has 94 valence electrons. The SMILES string of the molecule is Cc1ccc(SCc2cnn(C)c2)cc1C(=O)O. The van der Waals surface area contributed by atoms with Crippen LogP contribution in [0, 0.1) is 6.92 Å². The van der Waals surface area contributed by atoms with Gasteiger partial charge in [-0.2, -0.15) is 5.10 Å². The minimum atomic E-state index is -0.878. The summed E-state index contributed by atoms with van der Waals surface area (Å²) in [5.41, 5.74) is 2.28. The van der Waals surface area contributed by atoms with Crippen molar-refractivity contribution in [3.05, 3.63) is 47.3 Å². The lowest BCUT2D eigenvalue weighted by Crippen LogP contribution is -1.99. The number of aryl methyl sites for hydroxylation is 2. The molecule has 2 rings (SSSR count). The van der Waals surface area contributed by atoms with E-state index in [9.17, 15) is 4.79 Å². The molecular formula is C13H14N2O2S. The van der Waals surface area contributed by atoms with E-state index in [0.29, 0.717) is 5.56 Å². The minimum absolute atomic E-state index is 0.367. The minimum Gasteiger partial charge on any atom is -0.478 e. The lowest BCUT2D eigenvalue weighted by Gasteiger charge is -2.04. The molecular weight excluding hydrogens is 248 g/mol. The van der Waals surface area contributed by atoms with Crippen LogP contribution in [0.15, 0.2) is 35.5 Å². The van der Waals surface area contributed by atoms with Gasteiger partial charge in [0.1, 0.15) is 0 Å². The number of aromatic nitrogens is 2. The Balaban J connectivity index is 2.10. The molecule has 0 unspecified atom stereocenters. The molecule has 1 aromatic carbocycles. The predicted octanol–water partition coefficient (Wildman–Crippen LogP) is 2.72. The molecule has 1 aromatic heterocycles. The molecule has 0 bridgehead atoms. The second-order valence-corrected chi connectivity index (χ2v) is 5.14. The van der Waals surface area contributed by atoms with Gasteiger partial charge < -0.3 is 5.11 Å². The molecule has 0 radical (unpaired) electrons. The number of hydrogen-bond acceptors (Lipinski definition) is 3.